The number of nitrogens with zero attached hydrogens (tertiary/aromatic N) is 2. The van der Waals surface area contributed by atoms with Crippen molar-refractivity contribution in [2.75, 3.05) is 20.3 Å². The van der Waals surface area contributed by atoms with Gasteiger partial charge in [-0.05, 0) is 18.8 Å². The molecule has 1 aliphatic rings. The Hall–Kier alpha value is -2.68. The summed E-state index contributed by atoms with van der Waals surface area (Å²) in [4.78, 5) is 19.5. The van der Waals surface area contributed by atoms with Crippen molar-refractivity contribution in [3.8, 4) is 5.88 Å². The van der Waals surface area contributed by atoms with Crippen molar-refractivity contribution in [2.24, 2.45) is 22.4 Å². The van der Waals surface area contributed by atoms with Crippen molar-refractivity contribution in [1.29, 1.82) is 0 Å². The molecule has 0 saturated carbocycles. The quantitative estimate of drug-likeness (QED) is 0.254. The number of pyridine rings is 1. The number of rotatable bonds is 9. The number of carbonyl (C=O) groups is 1. The van der Waals surface area contributed by atoms with Crippen molar-refractivity contribution in [3.63, 3.8) is 0 Å². The number of nitrogens with one attached hydrogen (secondary N) is 1. The van der Waals surface area contributed by atoms with Crippen LogP contribution >= 0.6 is 0 Å². The smallest absolute Gasteiger partial charge is 0.253 e. The molecule has 28 heavy (non-hydrogen) atoms. The Labute approximate surface area is 164 Å². The van der Waals surface area contributed by atoms with Crippen LogP contribution in [0.15, 0.2) is 28.9 Å². The van der Waals surface area contributed by atoms with Gasteiger partial charge in [-0.15, -0.1) is 0 Å². The normalized spacial score (nSPS) is 20.7. The number of amidine groups is 1. The van der Waals surface area contributed by atoms with Crippen LogP contribution in [0.25, 0.3) is 0 Å². The number of halogens is 1. The molecule has 0 aliphatic carbocycles. The van der Waals surface area contributed by atoms with Gasteiger partial charge in [0.25, 0.3) is 5.91 Å². The Bertz CT molecular complexity index is 738. The molecule has 2 heterocycles. The molecule has 2 atom stereocenters. The van der Waals surface area contributed by atoms with Crippen molar-refractivity contribution < 1.29 is 18.7 Å². The molecule has 2 rings (SSSR count). The van der Waals surface area contributed by atoms with Crippen molar-refractivity contribution in [1.82, 2.24) is 10.3 Å². The molecule has 2 unspecified atom stereocenters. The molecule has 1 aliphatic heterocycles. The first-order valence-corrected chi connectivity index (χ1v) is 9.34. The van der Waals surface area contributed by atoms with E-state index in [1.54, 1.807) is 0 Å². The molecule has 5 N–H and O–H groups in total. The Kier molecular flexibility index (Phi) is 8.19. The average Bonchev–Trinajstić information content (AvgIpc) is 2.66. The largest absolute Gasteiger partial charge is 0.481 e. The number of carbonyl (C=O) groups excluding carboxylic acids is 1. The highest BCUT2D eigenvalue weighted by atomic mass is 19.1. The lowest BCUT2D eigenvalue weighted by atomic mass is 9.90. The van der Waals surface area contributed by atoms with E-state index in [0.717, 1.165) is 38.4 Å². The van der Waals surface area contributed by atoms with Crippen LogP contribution in [0.2, 0.25) is 0 Å². The molecule has 0 bridgehead atoms. The van der Waals surface area contributed by atoms with Gasteiger partial charge in [-0.3, -0.25) is 4.79 Å². The summed E-state index contributed by atoms with van der Waals surface area (Å²) in [6.07, 6.45) is 5.76. The van der Waals surface area contributed by atoms with Crippen LogP contribution in [0.4, 0.5) is 10.1 Å². The molecule has 1 saturated heterocycles. The maximum Gasteiger partial charge on any atom is 0.253 e. The first-order valence-electron chi connectivity index (χ1n) is 9.34. The van der Waals surface area contributed by atoms with Gasteiger partial charge in [0.2, 0.25) is 11.8 Å². The Balaban J connectivity index is 2.18. The number of methoxy groups -OCH3 is 1. The summed E-state index contributed by atoms with van der Waals surface area (Å²) >= 11 is 0. The van der Waals surface area contributed by atoms with Crippen molar-refractivity contribution in [2.45, 2.75) is 38.6 Å². The van der Waals surface area contributed by atoms with E-state index in [2.05, 4.69) is 22.2 Å². The lowest BCUT2D eigenvalue weighted by molar-refractivity contribution is -0.114. The summed E-state index contributed by atoms with van der Waals surface area (Å²) in [5.41, 5.74) is 11.6. The predicted molar refractivity (Wildman–Crippen MR) is 105 cm³/mol. The lowest BCUT2D eigenvalue weighted by Crippen LogP contribution is -2.42. The van der Waals surface area contributed by atoms with Crippen LogP contribution < -0.4 is 21.5 Å². The van der Waals surface area contributed by atoms with Gasteiger partial charge in [0, 0.05) is 24.9 Å². The molecule has 1 fully saturated rings. The maximum absolute atomic E-state index is 13.5. The highest BCUT2D eigenvalue weighted by molar-refractivity contribution is 6.20. The summed E-state index contributed by atoms with van der Waals surface area (Å²) in [7, 11) is 1.36. The third kappa shape index (κ3) is 6.19. The highest BCUT2D eigenvalue weighted by Gasteiger charge is 2.25. The van der Waals surface area contributed by atoms with E-state index < -0.39 is 11.9 Å². The topological polar surface area (TPSA) is 125 Å². The van der Waals surface area contributed by atoms with E-state index in [9.17, 15) is 9.18 Å². The Morgan fingerprint density at radius 1 is 1.50 bits per heavy atom. The summed E-state index contributed by atoms with van der Waals surface area (Å²) in [6.45, 7) is 3.43. The van der Waals surface area contributed by atoms with Gasteiger partial charge in [0.15, 0.2) is 0 Å². The first kappa shape index (κ1) is 21.6. The number of hydrogen-bond acceptors (Lipinski definition) is 6. The number of amides is 1. The predicted octanol–water partition coefficient (Wildman–Crippen LogP) is 1.77. The zero-order chi connectivity index (χ0) is 20.5. The molecule has 1 aromatic rings. The fourth-order valence-electron chi connectivity index (χ4n) is 3.07. The summed E-state index contributed by atoms with van der Waals surface area (Å²) in [5.74, 6) is -1.15. The van der Waals surface area contributed by atoms with Crippen molar-refractivity contribution in [3.05, 3.63) is 29.9 Å². The maximum atomic E-state index is 13.5. The molecular formula is C19H28FN5O3. The van der Waals surface area contributed by atoms with Gasteiger partial charge in [-0.1, -0.05) is 19.8 Å². The Morgan fingerprint density at radius 2 is 2.29 bits per heavy atom. The number of primary amides is 1. The van der Waals surface area contributed by atoms with Crippen LogP contribution in [-0.2, 0) is 9.53 Å². The monoisotopic (exact) mass is 393 g/mol. The average molecular weight is 393 g/mol. The van der Waals surface area contributed by atoms with Gasteiger partial charge < -0.3 is 26.3 Å². The number of hydrogen-bond donors (Lipinski definition) is 3. The minimum absolute atomic E-state index is 0.0102. The minimum atomic E-state index is -0.772. The SMILES string of the molecule is CCCCC1CCOCC1N/C=C(/C(N)=O)C(N)=Nc1cc(F)nc(OC)c1. The van der Waals surface area contributed by atoms with E-state index in [-0.39, 0.29) is 29.0 Å². The highest BCUT2D eigenvalue weighted by Crippen LogP contribution is 2.22. The van der Waals surface area contributed by atoms with Crippen LogP contribution in [0.1, 0.15) is 32.6 Å². The second-order valence-corrected chi connectivity index (χ2v) is 6.65. The van der Waals surface area contributed by atoms with Gasteiger partial charge in [-0.2, -0.15) is 9.37 Å². The van der Waals surface area contributed by atoms with Crippen LogP contribution in [0.5, 0.6) is 5.88 Å². The standard InChI is InChI=1S/C19H28FN5O3/c1-3-4-5-12-6-7-28-11-15(12)23-10-14(19(22)26)18(21)24-13-8-16(20)25-17(9-13)27-2/h8-10,12,15,23H,3-7,11H2,1-2H3,(H2,22,26)(H2,21,24,25)/b14-10+. The molecule has 1 amide bonds. The second-order valence-electron chi connectivity index (χ2n) is 6.65. The van der Waals surface area contributed by atoms with Gasteiger partial charge in [0.05, 0.1) is 31.0 Å². The fourth-order valence-corrected chi connectivity index (χ4v) is 3.07. The lowest BCUT2D eigenvalue weighted by Gasteiger charge is -2.32. The van der Waals surface area contributed by atoms with Crippen molar-refractivity contribution >= 4 is 17.4 Å². The van der Waals surface area contributed by atoms with Crippen LogP contribution in [-0.4, -0.2) is 43.1 Å². The molecule has 0 spiro atoms. The second kappa shape index (κ2) is 10.6. The van der Waals surface area contributed by atoms with Gasteiger partial charge in [-0.25, -0.2) is 4.99 Å². The molecule has 9 heteroatoms. The van der Waals surface area contributed by atoms with E-state index in [1.807, 2.05) is 0 Å². The zero-order valence-electron chi connectivity index (χ0n) is 16.3. The molecule has 0 radical (unpaired) electrons. The van der Waals surface area contributed by atoms with Gasteiger partial charge >= 0.3 is 0 Å². The third-order valence-corrected chi connectivity index (χ3v) is 4.63. The van der Waals surface area contributed by atoms with E-state index in [1.165, 1.54) is 19.4 Å². The first-order chi connectivity index (χ1) is 13.4. The zero-order valence-corrected chi connectivity index (χ0v) is 16.3. The minimum Gasteiger partial charge on any atom is -0.481 e. The van der Waals surface area contributed by atoms with Crippen LogP contribution in [0.3, 0.4) is 0 Å². The van der Waals surface area contributed by atoms with Crippen LogP contribution in [0, 0.1) is 11.9 Å². The summed E-state index contributed by atoms with van der Waals surface area (Å²) in [5, 5.41) is 3.20. The molecule has 0 aromatic carbocycles. The summed E-state index contributed by atoms with van der Waals surface area (Å²) < 4.78 is 24.0. The molecule has 154 valence electrons. The fraction of sp³-hybridized carbons (Fsp3) is 0.526. The molecule has 8 nitrogen and oxygen atoms in total. The number of aliphatic imine (C=N–C) groups is 1. The summed E-state index contributed by atoms with van der Waals surface area (Å²) in [6, 6.07) is 2.54. The van der Waals surface area contributed by atoms with E-state index >= 15 is 0 Å². The van der Waals surface area contributed by atoms with Gasteiger partial charge in [0.1, 0.15) is 5.84 Å². The Morgan fingerprint density at radius 3 is 2.96 bits per heavy atom. The molecular weight excluding hydrogens is 365 g/mol. The number of unbranched alkanes of at least 4 members (excludes halogenated alkanes) is 1. The number of aromatic nitrogens is 1. The third-order valence-electron chi connectivity index (χ3n) is 4.63. The van der Waals surface area contributed by atoms with E-state index in [0.29, 0.717) is 12.5 Å². The molecule has 1 aromatic heterocycles. The number of ether oxygens (including phenoxy) is 2. The number of nitrogens with two attached hydrogens (primary N) is 2. The van der Waals surface area contributed by atoms with E-state index in [4.69, 9.17) is 20.9 Å².